The van der Waals surface area contributed by atoms with E-state index >= 15 is 0 Å². The number of aliphatic carboxylic acids is 2. The van der Waals surface area contributed by atoms with E-state index < -0.39 is 18.0 Å². The molecule has 0 radical (unpaired) electrons. The van der Waals surface area contributed by atoms with Gasteiger partial charge in [0.05, 0.1) is 6.10 Å². The Balaban J connectivity index is 0. The molecule has 0 heterocycles. The van der Waals surface area contributed by atoms with E-state index in [0.29, 0.717) is 6.42 Å². The smallest absolute Gasteiger partial charge is 0.326 e. The zero-order valence-electron chi connectivity index (χ0n) is 29.2. The van der Waals surface area contributed by atoms with Crippen LogP contribution in [0.25, 0.3) is 0 Å². The van der Waals surface area contributed by atoms with Crippen LogP contribution in [0, 0.1) is 0 Å². The second-order valence-corrected chi connectivity index (χ2v) is 12.8. The van der Waals surface area contributed by atoms with Crippen LogP contribution >= 0.6 is 0 Å². The van der Waals surface area contributed by atoms with Crippen molar-refractivity contribution in [1.82, 2.24) is 5.32 Å². The molecule has 0 bridgehead atoms. The summed E-state index contributed by atoms with van der Waals surface area (Å²) in [4.78, 5) is 33.1. The third-order valence-corrected chi connectivity index (χ3v) is 8.32. The lowest BCUT2D eigenvalue weighted by Crippen LogP contribution is -2.41. The normalized spacial score (nSPS) is 12.3. The summed E-state index contributed by atoms with van der Waals surface area (Å²) in [6.45, 7) is 6.73. The average molecular weight is 628 g/mol. The molecule has 44 heavy (non-hydrogen) atoms. The fraction of sp³-hybridized carbons (Fsp3) is 0.919. The molecule has 7 heteroatoms. The van der Waals surface area contributed by atoms with E-state index in [9.17, 15) is 19.5 Å². The summed E-state index contributed by atoms with van der Waals surface area (Å²) in [5.41, 5.74) is 0. The minimum Gasteiger partial charge on any atom is -0.481 e. The quantitative estimate of drug-likeness (QED) is 0.0550. The summed E-state index contributed by atoms with van der Waals surface area (Å²) in [6.07, 6.45) is 32.6. The molecule has 7 nitrogen and oxygen atoms in total. The van der Waals surface area contributed by atoms with Gasteiger partial charge in [-0.2, -0.15) is 0 Å². The van der Waals surface area contributed by atoms with E-state index in [0.717, 1.165) is 32.1 Å². The topological polar surface area (TPSA) is 124 Å². The Morgan fingerprint density at radius 3 is 1.16 bits per heavy atom. The Morgan fingerprint density at radius 2 is 0.818 bits per heavy atom. The van der Waals surface area contributed by atoms with Crippen molar-refractivity contribution < 1.29 is 29.7 Å². The van der Waals surface area contributed by atoms with Crippen molar-refractivity contribution >= 4 is 17.8 Å². The van der Waals surface area contributed by atoms with Crippen LogP contribution in [0.1, 0.15) is 207 Å². The van der Waals surface area contributed by atoms with Gasteiger partial charge in [-0.1, -0.05) is 168 Å². The van der Waals surface area contributed by atoms with Gasteiger partial charge in [0.25, 0.3) is 0 Å². The van der Waals surface area contributed by atoms with Crippen molar-refractivity contribution in [3.8, 4) is 0 Å². The summed E-state index contributed by atoms with van der Waals surface area (Å²) in [6, 6.07) is -1.11. The molecule has 0 aliphatic carbocycles. The first kappa shape index (κ1) is 44.5. The zero-order valence-corrected chi connectivity index (χ0v) is 29.2. The van der Waals surface area contributed by atoms with E-state index in [-0.39, 0.29) is 24.9 Å². The molecular weight excluding hydrogens is 554 g/mol. The van der Waals surface area contributed by atoms with Gasteiger partial charge in [0, 0.05) is 12.8 Å². The molecule has 2 unspecified atom stereocenters. The van der Waals surface area contributed by atoms with Crippen molar-refractivity contribution in [3.63, 3.8) is 0 Å². The van der Waals surface area contributed by atoms with Gasteiger partial charge in [0.2, 0.25) is 5.91 Å². The van der Waals surface area contributed by atoms with Crippen LogP contribution < -0.4 is 5.32 Å². The van der Waals surface area contributed by atoms with E-state index in [1.807, 2.05) is 0 Å². The Hall–Kier alpha value is -1.63. The van der Waals surface area contributed by atoms with Crippen molar-refractivity contribution in [2.75, 3.05) is 0 Å². The zero-order chi connectivity index (χ0) is 33.1. The number of carbonyl (C=O) groups is 3. The highest BCUT2D eigenvalue weighted by molar-refractivity contribution is 5.83. The molecule has 2 atom stereocenters. The highest BCUT2D eigenvalue weighted by Gasteiger charge is 2.20. The largest absolute Gasteiger partial charge is 0.481 e. The lowest BCUT2D eigenvalue weighted by Gasteiger charge is -2.13. The third kappa shape index (κ3) is 36.6. The number of amides is 1. The van der Waals surface area contributed by atoms with Gasteiger partial charge in [0.1, 0.15) is 6.04 Å². The molecule has 0 fully saturated rings. The number of rotatable bonds is 32. The second-order valence-electron chi connectivity index (χ2n) is 12.8. The Bertz CT molecular complexity index is 641. The van der Waals surface area contributed by atoms with Crippen molar-refractivity contribution in [2.45, 2.75) is 219 Å². The third-order valence-electron chi connectivity index (χ3n) is 8.32. The molecule has 4 N–H and O–H groups in total. The minimum absolute atomic E-state index is 0.0271. The molecule has 0 saturated carbocycles. The first-order valence-electron chi connectivity index (χ1n) is 18.7. The predicted octanol–water partition coefficient (Wildman–Crippen LogP) is 10.4. The van der Waals surface area contributed by atoms with Crippen LogP contribution in [0.5, 0.6) is 0 Å². The summed E-state index contributed by atoms with van der Waals surface area (Å²) in [5, 5.41) is 29.9. The van der Waals surface area contributed by atoms with Crippen LogP contribution in [0.15, 0.2) is 0 Å². The van der Waals surface area contributed by atoms with Crippen LogP contribution in [-0.2, 0) is 14.4 Å². The van der Waals surface area contributed by atoms with Gasteiger partial charge in [-0.15, -0.1) is 0 Å². The highest BCUT2D eigenvalue weighted by atomic mass is 16.4. The summed E-state index contributed by atoms with van der Waals surface area (Å²) in [5.74, 6) is -2.57. The summed E-state index contributed by atoms with van der Waals surface area (Å²) < 4.78 is 0. The minimum atomic E-state index is -1.19. The van der Waals surface area contributed by atoms with E-state index in [2.05, 4.69) is 26.1 Å². The van der Waals surface area contributed by atoms with Gasteiger partial charge in [0.15, 0.2) is 0 Å². The average Bonchev–Trinajstić information content (AvgIpc) is 2.99. The van der Waals surface area contributed by atoms with Crippen molar-refractivity contribution in [3.05, 3.63) is 0 Å². The van der Waals surface area contributed by atoms with Crippen LogP contribution in [0.3, 0.4) is 0 Å². The van der Waals surface area contributed by atoms with Crippen molar-refractivity contribution in [2.24, 2.45) is 0 Å². The monoisotopic (exact) mass is 628 g/mol. The van der Waals surface area contributed by atoms with Crippen LogP contribution in [0.2, 0.25) is 0 Å². The SMILES string of the molecule is CCCCCCCCCCCC(=O)NC(CCC(=O)O)C(=O)O.CCCCCCCCCCCC(O)CCCCCCCC. The first-order chi connectivity index (χ1) is 21.3. The summed E-state index contributed by atoms with van der Waals surface area (Å²) >= 11 is 0. The number of nitrogens with one attached hydrogen (secondary N) is 1. The number of carbonyl (C=O) groups excluding carboxylic acids is 1. The van der Waals surface area contributed by atoms with Crippen LogP contribution in [0.4, 0.5) is 0 Å². The molecule has 262 valence electrons. The van der Waals surface area contributed by atoms with Crippen molar-refractivity contribution in [1.29, 1.82) is 0 Å². The molecule has 1 amide bonds. The number of hydrogen-bond acceptors (Lipinski definition) is 4. The molecule has 0 spiro atoms. The molecule has 0 saturated heterocycles. The van der Waals surface area contributed by atoms with E-state index in [1.165, 1.54) is 135 Å². The second kappa shape index (κ2) is 35.8. The van der Waals surface area contributed by atoms with E-state index in [1.54, 1.807) is 0 Å². The molecule has 0 rings (SSSR count). The lowest BCUT2D eigenvalue weighted by atomic mass is 10.0. The fourth-order valence-electron chi connectivity index (χ4n) is 5.38. The lowest BCUT2D eigenvalue weighted by molar-refractivity contribution is -0.143. The van der Waals surface area contributed by atoms with Crippen LogP contribution in [-0.4, -0.2) is 45.3 Å². The van der Waals surface area contributed by atoms with Gasteiger partial charge < -0.3 is 20.6 Å². The number of carboxylic acids is 2. The number of aliphatic hydroxyl groups excluding tert-OH is 1. The van der Waals surface area contributed by atoms with Gasteiger partial charge in [-0.25, -0.2) is 4.79 Å². The molecule has 0 aromatic rings. The predicted molar refractivity (Wildman–Crippen MR) is 184 cm³/mol. The van der Waals surface area contributed by atoms with Gasteiger partial charge in [-0.05, 0) is 25.7 Å². The Morgan fingerprint density at radius 1 is 0.477 bits per heavy atom. The maximum atomic E-state index is 11.7. The van der Waals surface area contributed by atoms with Gasteiger partial charge in [-0.3, -0.25) is 9.59 Å². The molecule has 0 aliphatic rings. The number of hydrogen-bond donors (Lipinski definition) is 4. The molecular formula is C37H73NO6. The standard InChI is InChI=1S/C20H42O.C17H31NO5/c1-3-5-7-9-11-12-13-15-17-19-20(21)18-16-14-10-8-6-4-2;1-2-3-4-5-6-7-8-9-10-11-15(19)18-14(17(22)23)12-13-16(20)21/h20-21H,3-19H2,1-2H3;14H,2-13H2,1H3,(H,18,19)(H,20,21)(H,22,23). The molecule has 0 aromatic heterocycles. The number of aliphatic hydroxyl groups is 1. The fourth-order valence-corrected chi connectivity index (χ4v) is 5.38. The Labute approximate surface area is 271 Å². The van der Waals surface area contributed by atoms with Gasteiger partial charge >= 0.3 is 11.9 Å². The summed E-state index contributed by atoms with van der Waals surface area (Å²) in [7, 11) is 0. The maximum Gasteiger partial charge on any atom is 0.326 e. The number of carboxylic acid groups (broad SMARTS) is 2. The first-order valence-corrected chi connectivity index (χ1v) is 18.7. The van der Waals surface area contributed by atoms with E-state index in [4.69, 9.17) is 10.2 Å². The number of unbranched alkanes of at least 4 members (excludes halogenated alkanes) is 21. The highest BCUT2D eigenvalue weighted by Crippen LogP contribution is 2.15. The molecule has 0 aliphatic heterocycles. The maximum absolute atomic E-state index is 11.7. The Kier molecular flexibility index (Phi) is 36.2. The molecule has 0 aromatic carbocycles.